The van der Waals surface area contributed by atoms with Crippen LogP contribution < -0.4 is 0 Å². The summed E-state index contributed by atoms with van der Waals surface area (Å²) >= 11 is 0. The van der Waals surface area contributed by atoms with Crippen LogP contribution in [0, 0.1) is 0 Å². The van der Waals surface area contributed by atoms with E-state index in [1.54, 1.807) is 26.0 Å². The SMILES string of the molecule is CC=CC(=O)OCCCCOP(=O)(O)OCCCCOC(=O)C=CC.[MgH2]. The van der Waals surface area contributed by atoms with Crippen molar-refractivity contribution in [2.75, 3.05) is 26.4 Å². The number of ether oxygens (including phenoxy) is 2. The van der Waals surface area contributed by atoms with Crippen LogP contribution in [-0.4, -0.2) is 66.3 Å². The Morgan fingerprint density at radius 2 is 1.15 bits per heavy atom. The zero-order valence-corrected chi connectivity index (χ0v) is 15.6. The van der Waals surface area contributed by atoms with Crippen LogP contribution in [0.3, 0.4) is 0 Å². The summed E-state index contributed by atoms with van der Waals surface area (Å²) < 4.78 is 30.9. The first-order chi connectivity index (χ1) is 11.9. The number of esters is 2. The second-order valence-electron chi connectivity index (χ2n) is 4.88. The zero-order valence-electron chi connectivity index (χ0n) is 14.7. The van der Waals surface area contributed by atoms with Crippen molar-refractivity contribution in [3.05, 3.63) is 24.3 Å². The van der Waals surface area contributed by atoms with Gasteiger partial charge in [0.1, 0.15) is 0 Å². The lowest BCUT2D eigenvalue weighted by atomic mass is 10.3. The van der Waals surface area contributed by atoms with Crippen molar-refractivity contribution in [1.82, 2.24) is 0 Å². The molecule has 0 amide bonds. The van der Waals surface area contributed by atoms with Crippen molar-refractivity contribution in [3.8, 4) is 0 Å². The molecule has 0 aromatic rings. The van der Waals surface area contributed by atoms with Gasteiger partial charge in [-0.25, -0.2) is 14.2 Å². The van der Waals surface area contributed by atoms with Crippen molar-refractivity contribution >= 4 is 42.8 Å². The molecular formula is C16H29MgO8P. The summed E-state index contributed by atoms with van der Waals surface area (Å²) in [5.41, 5.74) is 0. The molecule has 0 aromatic carbocycles. The molecule has 0 aromatic heterocycles. The highest BCUT2D eigenvalue weighted by Crippen LogP contribution is 2.43. The highest BCUT2D eigenvalue weighted by molar-refractivity contribution is 7.47. The third-order valence-corrected chi connectivity index (χ3v) is 3.70. The number of hydrogen-bond acceptors (Lipinski definition) is 7. The minimum atomic E-state index is -4.09. The molecule has 0 radical (unpaired) electrons. The molecule has 10 heteroatoms. The van der Waals surface area contributed by atoms with E-state index < -0.39 is 19.8 Å². The fraction of sp³-hybridized carbons (Fsp3) is 0.625. The maximum atomic E-state index is 11.6. The molecule has 8 nitrogen and oxygen atoms in total. The van der Waals surface area contributed by atoms with Crippen LogP contribution in [-0.2, 0) is 32.7 Å². The molecule has 0 saturated heterocycles. The van der Waals surface area contributed by atoms with E-state index >= 15 is 0 Å². The number of allylic oxidation sites excluding steroid dienone is 2. The largest absolute Gasteiger partial charge is 0.472 e. The first kappa shape index (κ1) is 27.5. The summed E-state index contributed by atoms with van der Waals surface area (Å²) in [6.45, 7) is 3.91. The molecular weight excluding hydrogens is 375 g/mol. The van der Waals surface area contributed by atoms with Crippen LogP contribution in [0.1, 0.15) is 39.5 Å². The third-order valence-electron chi connectivity index (χ3n) is 2.68. The van der Waals surface area contributed by atoms with E-state index in [-0.39, 0.29) is 49.5 Å². The van der Waals surface area contributed by atoms with Crippen LogP contribution in [0.4, 0.5) is 0 Å². The maximum absolute atomic E-state index is 11.6. The van der Waals surface area contributed by atoms with Gasteiger partial charge in [-0.3, -0.25) is 9.05 Å². The number of rotatable bonds is 14. The predicted molar refractivity (Wildman–Crippen MR) is 100 cm³/mol. The lowest BCUT2D eigenvalue weighted by molar-refractivity contribution is -0.138. The molecule has 0 heterocycles. The van der Waals surface area contributed by atoms with E-state index in [9.17, 15) is 19.0 Å². The molecule has 0 aliphatic rings. The van der Waals surface area contributed by atoms with Crippen LogP contribution in [0.15, 0.2) is 24.3 Å². The summed E-state index contributed by atoms with van der Waals surface area (Å²) in [7, 11) is -4.09. The number of carbonyl (C=O) groups is 2. The van der Waals surface area contributed by atoms with Crippen LogP contribution >= 0.6 is 7.82 Å². The van der Waals surface area contributed by atoms with Crippen LogP contribution in [0.5, 0.6) is 0 Å². The summed E-state index contributed by atoms with van der Waals surface area (Å²) in [6, 6.07) is 0. The number of unbranched alkanes of at least 4 members (excludes halogenated alkanes) is 2. The van der Waals surface area contributed by atoms with E-state index in [2.05, 4.69) is 0 Å². The Labute approximate surface area is 170 Å². The molecule has 0 bridgehead atoms. The standard InChI is InChI=1S/C16H27O8P.Mg.2H/c1-3-9-15(17)21-11-5-7-13-23-25(19,20)24-14-8-6-12-22-16(18)10-4-2;;;/h3-4,9-10H,5-8,11-14H2,1-2H3,(H,19,20);;;. The lowest BCUT2D eigenvalue weighted by Gasteiger charge is -2.12. The predicted octanol–water partition coefficient (Wildman–Crippen LogP) is 2.00. The molecule has 0 saturated carbocycles. The van der Waals surface area contributed by atoms with Gasteiger partial charge >= 0.3 is 42.8 Å². The van der Waals surface area contributed by atoms with E-state index in [0.717, 1.165) is 0 Å². The zero-order chi connectivity index (χ0) is 19.0. The second-order valence-corrected chi connectivity index (χ2v) is 6.34. The van der Waals surface area contributed by atoms with Crippen molar-refractivity contribution in [2.24, 2.45) is 0 Å². The van der Waals surface area contributed by atoms with Gasteiger partial charge in [0.05, 0.1) is 26.4 Å². The highest BCUT2D eigenvalue weighted by Gasteiger charge is 2.20. The smallest absolute Gasteiger partial charge is 0.463 e. The number of hydrogen-bond donors (Lipinski definition) is 1. The van der Waals surface area contributed by atoms with Crippen molar-refractivity contribution in [1.29, 1.82) is 0 Å². The second kappa shape index (κ2) is 17.7. The Bertz CT molecular complexity index is 453. The topological polar surface area (TPSA) is 108 Å². The third kappa shape index (κ3) is 18.1. The van der Waals surface area contributed by atoms with Crippen LogP contribution in [0.2, 0.25) is 0 Å². The molecule has 0 aliphatic carbocycles. The average Bonchev–Trinajstić information content (AvgIpc) is 2.54. The van der Waals surface area contributed by atoms with Gasteiger partial charge in [-0.05, 0) is 39.5 Å². The lowest BCUT2D eigenvalue weighted by Crippen LogP contribution is -2.05. The summed E-state index contributed by atoms with van der Waals surface area (Å²) in [4.78, 5) is 31.5. The van der Waals surface area contributed by atoms with Gasteiger partial charge in [-0.15, -0.1) is 0 Å². The Morgan fingerprint density at radius 1 is 0.808 bits per heavy atom. The number of carbonyl (C=O) groups excluding carboxylic acids is 2. The minimum absolute atomic E-state index is 0. The fourth-order valence-electron chi connectivity index (χ4n) is 1.52. The molecule has 148 valence electrons. The van der Waals surface area contributed by atoms with Crippen molar-refractivity contribution in [2.45, 2.75) is 39.5 Å². The van der Waals surface area contributed by atoms with Gasteiger partial charge < -0.3 is 14.4 Å². The van der Waals surface area contributed by atoms with Gasteiger partial charge in [0.25, 0.3) is 0 Å². The van der Waals surface area contributed by atoms with E-state index in [1.807, 2.05) is 0 Å². The number of phosphoric acid groups is 1. The summed E-state index contributed by atoms with van der Waals surface area (Å²) in [5, 5.41) is 0. The molecule has 0 atom stereocenters. The van der Waals surface area contributed by atoms with Gasteiger partial charge in [0.15, 0.2) is 0 Å². The van der Waals surface area contributed by atoms with Gasteiger partial charge in [0.2, 0.25) is 0 Å². The van der Waals surface area contributed by atoms with E-state index in [1.165, 1.54) is 12.2 Å². The monoisotopic (exact) mass is 404 g/mol. The first-order valence-corrected chi connectivity index (χ1v) is 9.61. The molecule has 0 unspecified atom stereocenters. The molecule has 0 aliphatic heterocycles. The maximum Gasteiger partial charge on any atom is 0.472 e. The minimum Gasteiger partial charge on any atom is -0.463 e. The summed E-state index contributed by atoms with van der Waals surface area (Å²) in [6.07, 6.45) is 7.73. The Hall–Kier alpha value is -0.704. The highest BCUT2D eigenvalue weighted by atomic mass is 31.2. The molecule has 26 heavy (non-hydrogen) atoms. The molecule has 0 spiro atoms. The van der Waals surface area contributed by atoms with Crippen LogP contribution in [0.25, 0.3) is 0 Å². The van der Waals surface area contributed by atoms with Gasteiger partial charge in [-0.1, -0.05) is 12.2 Å². The van der Waals surface area contributed by atoms with E-state index in [0.29, 0.717) is 25.7 Å². The quantitative estimate of drug-likeness (QED) is 0.154. The Kier molecular flexibility index (Phi) is 18.7. The van der Waals surface area contributed by atoms with Crippen molar-refractivity contribution in [3.63, 3.8) is 0 Å². The molecule has 1 N–H and O–H groups in total. The van der Waals surface area contributed by atoms with Crippen molar-refractivity contribution < 1.29 is 37.6 Å². The molecule has 0 rings (SSSR count). The fourth-order valence-corrected chi connectivity index (χ4v) is 2.31. The molecule has 0 fully saturated rings. The Balaban J connectivity index is 0. The Morgan fingerprint density at radius 3 is 1.50 bits per heavy atom. The summed E-state index contributed by atoms with van der Waals surface area (Å²) in [5.74, 6) is -0.841. The first-order valence-electron chi connectivity index (χ1n) is 8.12. The van der Waals surface area contributed by atoms with Gasteiger partial charge in [0, 0.05) is 12.2 Å². The average molecular weight is 405 g/mol. The normalized spacial score (nSPS) is 13.3. The van der Waals surface area contributed by atoms with E-state index in [4.69, 9.17) is 18.5 Å². The number of phosphoric ester groups is 1. The van der Waals surface area contributed by atoms with Gasteiger partial charge in [-0.2, -0.15) is 0 Å².